The zero-order valence-corrected chi connectivity index (χ0v) is 9.03. The van der Waals surface area contributed by atoms with Crippen molar-refractivity contribution in [3.05, 3.63) is 48.6 Å². The summed E-state index contributed by atoms with van der Waals surface area (Å²) in [6.45, 7) is 8.07. The first-order valence-corrected chi connectivity index (χ1v) is 4.69. The Kier molecular flexibility index (Phi) is 5.78. The van der Waals surface area contributed by atoms with Crippen LogP contribution < -0.4 is 5.73 Å². The molecule has 0 aliphatic carbocycles. The maximum absolute atomic E-state index is 5.42. The zero-order valence-electron chi connectivity index (χ0n) is 9.03. The molecule has 0 heterocycles. The van der Waals surface area contributed by atoms with Gasteiger partial charge in [0.2, 0.25) is 0 Å². The van der Waals surface area contributed by atoms with Gasteiger partial charge >= 0.3 is 0 Å². The molecule has 74 valence electrons. The van der Waals surface area contributed by atoms with Crippen molar-refractivity contribution < 1.29 is 0 Å². The highest BCUT2D eigenvalue weighted by Gasteiger charge is 2.20. The number of nitrogens with two attached hydrogens (primary N) is 1. The Hall–Kier alpha value is -1.18. The van der Waals surface area contributed by atoms with Gasteiger partial charge in [0.25, 0.3) is 0 Å². The second kappa shape index (κ2) is 6.30. The van der Waals surface area contributed by atoms with E-state index < -0.39 is 0 Å². The van der Waals surface area contributed by atoms with Gasteiger partial charge in [-0.2, -0.15) is 0 Å². The molecule has 0 saturated heterocycles. The standard InChI is InChI=1S/C12H18BN/c1-4-6-11(2)12(3,8-9-13)7-5-10-14/h4-6,8-10H,2,7,14H2,1,3H3/b6-4-,9-8+,10-5-. The summed E-state index contributed by atoms with van der Waals surface area (Å²) in [6, 6.07) is 0. The third kappa shape index (κ3) is 3.69. The highest BCUT2D eigenvalue weighted by atomic mass is 14.5. The van der Waals surface area contributed by atoms with Crippen LogP contribution in [0.25, 0.3) is 0 Å². The summed E-state index contributed by atoms with van der Waals surface area (Å²) in [7, 11) is 5.42. The van der Waals surface area contributed by atoms with E-state index in [4.69, 9.17) is 13.6 Å². The molecule has 1 nitrogen and oxygen atoms in total. The van der Waals surface area contributed by atoms with E-state index in [0.29, 0.717) is 0 Å². The molecule has 0 aromatic carbocycles. The summed E-state index contributed by atoms with van der Waals surface area (Å²) >= 11 is 0. The number of hydrogen-bond donors (Lipinski definition) is 1. The summed E-state index contributed by atoms with van der Waals surface area (Å²) in [5.74, 6) is 1.55. The summed E-state index contributed by atoms with van der Waals surface area (Å²) in [4.78, 5) is 0. The van der Waals surface area contributed by atoms with Gasteiger partial charge in [-0.15, -0.1) is 5.98 Å². The fourth-order valence-corrected chi connectivity index (χ4v) is 1.22. The number of rotatable bonds is 5. The van der Waals surface area contributed by atoms with E-state index in [2.05, 4.69) is 13.5 Å². The predicted octanol–water partition coefficient (Wildman–Crippen LogP) is 2.67. The molecule has 0 bridgehead atoms. The highest BCUT2D eigenvalue weighted by molar-refractivity contribution is 6.17. The first-order valence-electron chi connectivity index (χ1n) is 4.69. The van der Waals surface area contributed by atoms with Gasteiger partial charge in [0, 0.05) is 5.41 Å². The molecule has 1 unspecified atom stereocenters. The first kappa shape index (κ1) is 12.8. The predicted molar refractivity (Wildman–Crippen MR) is 64.9 cm³/mol. The number of allylic oxidation sites excluding steroid dienone is 5. The van der Waals surface area contributed by atoms with Crippen LogP contribution in [0.4, 0.5) is 0 Å². The van der Waals surface area contributed by atoms with Gasteiger partial charge in [0.05, 0.1) is 0 Å². The average Bonchev–Trinajstić information content (AvgIpc) is 2.15. The lowest BCUT2D eigenvalue weighted by Crippen LogP contribution is -2.14. The van der Waals surface area contributed by atoms with E-state index >= 15 is 0 Å². The first-order chi connectivity index (χ1) is 6.60. The van der Waals surface area contributed by atoms with Crippen molar-refractivity contribution in [2.24, 2.45) is 11.1 Å². The van der Waals surface area contributed by atoms with Crippen LogP contribution in [-0.2, 0) is 0 Å². The molecule has 1 atom stereocenters. The van der Waals surface area contributed by atoms with E-state index in [-0.39, 0.29) is 5.41 Å². The van der Waals surface area contributed by atoms with E-state index in [1.165, 1.54) is 0 Å². The second-order valence-electron chi connectivity index (χ2n) is 3.43. The molecule has 0 aliphatic heterocycles. The molecule has 0 fully saturated rings. The molecular weight excluding hydrogens is 169 g/mol. The van der Waals surface area contributed by atoms with Crippen molar-refractivity contribution in [2.45, 2.75) is 20.3 Å². The minimum absolute atomic E-state index is 0.142. The van der Waals surface area contributed by atoms with Crippen LogP contribution in [0, 0.1) is 5.41 Å². The topological polar surface area (TPSA) is 26.0 Å². The summed E-state index contributed by atoms with van der Waals surface area (Å²) in [6.07, 6.45) is 10.2. The maximum Gasteiger partial charge on any atom is 0.102 e. The molecule has 2 N–H and O–H groups in total. The van der Waals surface area contributed by atoms with E-state index in [9.17, 15) is 0 Å². The molecule has 0 rings (SSSR count). The third-order valence-electron chi connectivity index (χ3n) is 2.24. The normalized spacial score (nSPS) is 16.7. The monoisotopic (exact) mass is 187 g/mol. The van der Waals surface area contributed by atoms with Crippen molar-refractivity contribution in [3.63, 3.8) is 0 Å². The van der Waals surface area contributed by atoms with Crippen LogP contribution in [0.1, 0.15) is 20.3 Å². The SMILES string of the molecule is [B]/C=C/C(C)(C/C=C\N)C(=C)/C=C\C. The molecule has 2 heteroatoms. The molecule has 0 aromatic rings. The quantitative estimate of drug-likeness (QED) is 0.519. The van der Waals surface area contributed by atoms with Crippen LogP contribution in [0.5, 0.6) is 0 Å². The Morgan fingerprint density at radius 1 is 1.57 bits per heavy atom. The van der Waals surface area contributed by atoms with Crippen LogP contribution in [0.2, 0.25) is 0 Å². The van der Waals surface area contributed by atoms with Crippen LogP contribution in [-0.4, -0.2) is 7.85 Å². The maximum atomic E-state index is 5.42. The Balaban J connectivity index is 4.78. The van der Waals surface area contributed by atoms with Crippen molar-refractivity contribution in [3.8, 4) is 0 Å². The minimum atomic E-state index is -0.142. The summed E-state index contributed by atoms with van der Waals surface area (Å²) in [5, 5.41) is 0. The van der Waals surface area contributed by atoms with Crippen molar-refractivity contribution in [1.29, 1.82) is 0 Å². The molecule has 0 aromatic heterocycles. The van der Waals surface area contributed by atoms with Crippen LogP contribution >= 0.6 is 0 Å². The number of hydrogen-bond acceptors (Lipinski definition) is 1. The fraction of sp³-hybridized carbons (Fsp3) is 0.333. The third-order valence-corrected chi connectivity index (χ3v) is 2.24. The van der Waals surface area contributed by atoms with Gasteiger partial charge in [-0.1, -0.05) is 37.8 Å². The van der Waals surface area contributed by atoms with Gasteiger partial charge in [0.15, 0.2) is 0 Å². The molecule has 0 spiro atoms. The smallest absolute Gasteiger partial charge is 0.102 e. The van der Waals surface area contributed by atoms with E-state index in [0.717, 1.165) is 12.0 Å². The summed E-state index contributed by atoms with van der Waals surface area (Å²) < 4.78 is 0. The second-order valence-corrected chi connectivity index (χ2v) is 3.43. The van der Waals surface area contributed by atoms with Gasteiger partial charge in [0.1, 0.15) is 7.85 Å². The molecule has 14 heavy (non-hydrogen) atoms. The Morgan fingerprint density at radius 3 is 2.64 bits per heavy atom. The Morgan fingerprint density at radius 2 is 2.21 bits per heavy atom. The summed E-state index contributed by atoms with van der Waals surface area (Å²) in [5.41, 5.74) is 6.21. The molecule has 2 radical (unpaired) electrons. The highest BCUT2D eigenvalue weighted by Crippen LogP contribution is 2.32. The van der Waals surface area contributed by atoms with Gasteiger partial charge < -0.3 is 5.73 Å². The largest absolute Gasteiger partial charge is 0.405 e. The van der Waals surface area contributed by atoms with Crippen LogP contribution in [0.3, 0.4) is 0 Å². The Labute approximate surface area is 88.5 Å². The Bertz CT molecular complexity index is 263. The molecule has 0 aliphatic rings. The lowest BCUT2D eigenvalue weighted by atomic mass is 9.78. The van der Waals surface area contributed by atoms with Crippen LogP contribution in [0.15, 0.2) is 48.6 Å². The molecular formula is C12H18BN. The van der Waals surface area contributed by atoms with Gasteiger partial charge in [-0.3, -0.25) is 0 Å². The molecule has 0 saturated carbocycles. The minimum Gasteiger partial charge on any atom is -0.405 e. The van der Waals surface area contributed by atoms with Crippen molar-refractivity contribution >= 4 is 7.85 Å². The lowest BCUT2D eigenvalue weighted by Gasteiger charge is -2.25. The van der Waals surface area contributed by atoms with Gasteiger partial charge in [-0.05, 0) is 25.1 Å². The van der Waals surface area contributed by atoms with Crippen molar-refractivity contribution in [2.75, 3.05) is 0 Å². The zero-order chi connectivity index (χ0) is 11.0. The van der Waals surface area contributed by atoms with E-state index in [1.54, 1.807) is 12.2 Å². The lowest BCUT2D eigenvalue weighted by molar-refractivity contribution is 0.537. The van der Waals surface area contributed by atoms with Gasteiger partial charge in [-0.25, -0.2) is 0 Å². The fourth-order valence-electron chi connectivity index (χ4n) is 1.22. The van der Waals surface area contributed by atoms with Crippen molar-refractivity contribution in [1.82, 2.24) is 0 Å². The van der Waals surface area contributed by atoms with E-state index in [1.807, 2.05) is 31.2 Å². The molecule has 0 amide bonds. The average molecular weight is 187 g/mol.